The Kier molecular flexibility index (Phi) is 7.74. The van der Waals surface area contributed by atoms with Gasteiger partial charge in [0.05, 0.1) is 25.4 Å². The van der Waals surface area contributed by atoms with E-state index in [0.717, 1.165) is 58.1 Å². The lowest BCUT2D eigenvalue weighted by Crippen LogP contribution is -2.47. The first-order valence-corrected chi connectivity index (χ1v) is 8.70. The lowest BCUT2D eigenvalue weighted by molar-refractivity contribution is -0.0721. The van der Waals surface area contributed by atoms with Gasteiger partial charge in [0.1, 0.15) is 0 Å². The summed E-state index contributed by atoms with van der Waals surface area (Å²) in [5.41, 5.74) is 0. The fourth-order valence-electron chi connectivity index (χ4n) is 2.99. The summed E-state index contributed by atoms with van der Waals surface area (Å²) in [5, 5.41) is 3.35. The second-order valence-electron chi connectivity index (χ2n) is 5.99. The Hall–Kier alpha value is -1.07. The number of guanidine groups is 1. The van der Waals surface area contributed by atoms with Crippen molar-refractivity contribution < 1.29 is 9.47 Å². The molecule has 5 heteroatoms. The van der Waals surface area contributed by atoms with Gasteiger partial charge in [-0.15, -0.1) is 6.58 Å². The average Bonchev–Trinajstić information content (AvgIpc) is 2.58. The smallest absolute Gasteiger partial charge is 0.194 e. The van der Waals surface area contributed by atoms with Crippen LogP contribution in [0.2, 0.25) is 0 Å². The van der Waals surface area contributed by atoms with E-state index in [0.29, 0.717) is 18.8 Å². The molecule has 0 amide bonds. The van der Waals surface area contributed by atoms with E-state index in [1.165, 1.54) is 12.8 Å². The van der Waals surface area contributed by atoms with Crippen LogP contribution in [0.15, 0.2) is 17.6 Å². The zero-order valence-electron chi connectivity index (χ0n) is 13.9. The maximum Gasteiger partial charge on any atom is 0.194 e. The Morgan fingerprint density at radius 2 is 2.18 bits per heavy atom. The monoisotopic (exact) mass is 309 g/mol. The predicted molar refractivity (Wildman–Crippen MR) is 90.3 cm³/mol. The molecule has 0 radical (unpaired) electrons. The molecule has 0 saturated carbocycles. The van der Waals surface area contributed by atoms with E-state index in [1.807, 2.05) is 6.08 Å². The Balaban J connectivity index is 1.70. The minimum Gasteiger partial charge on any atom is -0.376 e. The molecule has 2 saturated heterocycles. The first kappa shape index (κ1) is 17.3. The van der Waals surface area contributed by atoms with E-state index in [9.17, 15) is 0 Å². The van der Waals surface area contributed by atoms with Gasteiger partial charge in [0.2, 0.25) is 0 Å². The lowest BCUT2D eigenvalue weighted by atomic mass is 10.1. The fraction of sp³-hybridized carbons (Fsp3) is 0.824. The summed E-state index contributed by atoms with van der Waals surface area (Å²) >= 11 is 0. The van der Waals surface area contributed by atoms with Crippen LogP contribution in [0.1, 0.15) is 39.0 Å². The second kappa shape index (κ2) is 9.85. The molecule has 2 rings (SSSR count). The number of piperidine rings is 1. The molecule has 0 bridgehead atoms. The highest BCUT2D eigenvalue weighted by Gasteiger charge is 2.23. The van der Waals surface area contributed by atoms with Gasteiger partial charge in [-0.3, -0.25) is 0 Å². The van der Waals surface area contributed by atoms with Crippen molar-refractivity contribution in [2.75, 3.05) is 39.4 Å². The van der Waals surface area contributed by atoms with E-state index in [2.05, 4.69) is 28.7 Å². The average molecular weight is 309 g/mol. The SMILES string of the molecule is C=CCN=C(NCC)N1CCC(OCC2CCCCO2)CC1. The normalized spacial score (nSPS) is 24.3. The van der Waals surface area contributed by atoms with Gasteiger partial charge in [-0.2, -0.15) is 0 Å². The summed E-state index contributed by atoms with van der Waals surface area (Å²) in [6, 6.07) is 0. The van der Waals surface area contributed by atoms with Crippen LogP contribution < -0.4 is 5.32 Å². The maximum atomic E-state index is 6.06. The molecule has 1 atom stereocenters. The van der Waals surface area contributed by atoms with Crippen LogP contribution in [0.3, 0.4) is 0 Å². The molecule has 0 aromatic carbocycles. The molecule has 1 unspecified atom stereocenters. The van der Waals surface area contributed by atoms with Gasteiger partial charge in [-0.05, 0) is 39.0 Å². The summed E-state index contributed by atoms with van der Waals surface area (Å²) in [6.07, 6.45) is 8.26. The number of aliphatic imine (C=N–C) groups is 1. The molecule has 22 heavy (non-hydrogen) atoms. The van der Waals surface area contributed by atoms with E-state index in [4.69, 9.17) is 9.47 Å². The molecule has 2 fully saturated rings. The van der Waals surface area contributed by atoms with Crippen molar-refractivity contribution in [2.24, 2.45) is 4.99 Å². The highest BCUT2D eigenvalue weighted by atomic mass is 16.5. The quantitative estimate of drug-likeness (QED) is 0.464. The zero-order chi connectivity index (χ0) is 15.6. The standard InChI is InChI=1S/C17H31N3O2/c1-3-10-19-17(18-4-2)20-11-8-15(9-12-20)22-14-16-7-5-6-13-21-16/h3,15-16H,1,4-14H2,2H3,(H,18,19). The molecule has 0 aromatic heterocycles. The minimum absolute atomic E-state index is 0.318. The number of rotatable bonds is 6. The van der Waals surface area contributed by atoms with Gasteiger partial charge >= 0.3 is 0 Å². The summed E-state index contributed by atoms with van der Waals surface area (Å²) in [6.45, 7) is 11.1. The van der Waals surface area contributed by atoms with Crippen LogP contribution >= 0.6 is 0 Å². The predicted octanol–water partition coefficient (Wildman–Crippen LogP) is 2.19. The third-order valence-corrected chi connectivity index (χ3v) is 4.24. The van der Waals surface area contributed by atoms with Crippen LogP contribution in [-0.4, -0.2) is 62.5 Å². The maximum absolute atomic E-state index is 6.06. The molecule has 2 aliphatic rings. The van der Waals surface area contributed by atoms with E-state index in [-0.39, 0.29) is 0 Å². The summed E-state index contributed by atoms with van der Waals surface area (Å²) in [5.74, 6) is 0.997. The number of hydrogen-bond donors (Lipinski definition) is 1. The van der Waals surface area contributed by atoms with E-state index < -0.39 is 0 Å². The Bertz CT molecular complexity index is 346. The summed E-state index contributed by atoms with van der Waals surface area (Å²) in [4.78, 5) is 6.88. The number of likely N-dealkylation sites (tertiary alicyclic amines) is 1. The molecule has 0 aliphatic carbocycles. The van der Waals surface area contributed by atoms with Gasteiger partial charge in [-0.25, -0.2) is 4.99 Å². The van der Waals surface area contributed by atoms with Crippen molar-refractivity contribution in [2.45, 2.75) is 51.2 Å². The van der Waals surface area contributed by atoms with Crippen molar-refractivity contribution in [3.05, 3.63) is 12.7 Å². The largest absolute Gasteiger partial charge is 0.376 e. The van der Waals surface area contributed by atoms with Crippen LogP contribution in [0, 0.1) is 0 Å². The molecule has 0 spiro atoms. The van der Waals surface area contributed by atoms with Crippen LogP contribution in [0.25, 0.3) is 0 Å². The molecule has 126 valence electrons. The molecule has 5 nitrogen and oxygen atoms in total. The molecular weight excluding hydrogens is 278 g/mol. The van der Waals surface area contributed by atoms with Crippen molar-refractivity contribution >= 4 is 5.96 Å². The highest BCUT2D eigenvalue weighted by molar-refractivity contribution is 5.80. The number of ether oxygens (including phenoxy) is 2. The second-order valence-corrected chi connectivity index (χ2v) is 5.99. The summed E-state index contributed by atoms with van der Waals surface area (Å²) < 4.78 is 11.8. The van der Waals surface area contributed by atoms with Gasteiger partial charge < -0.3 is 19.7 Å². The van der Waals surface area contributed by atoms with E-state index in [1.54, 1.807) is 0 Å². The van der Waals surface area contributed by atoms with E-state index >= 15 is 0 Å². The summed E-state index contributed by atoms with van der Waals surface area (Å²) in [7, 11) is 0. The zero-order valence-corrected chi connectivity index (χ0v) is 13.9. The van der Waals surface area contributed by atoms with Crippen LogP contribution in [0.5, 0.6) is 0 Å². The topological polar surface area (TPSA) is 46.1 Å². The van der Waals surface area contributed by atoms with Crippen molar-refractivity contribution in [3.63, 3.8) is 0 Å². The molecule has 2 heterocycles. The van der Waals surface area contributed by atoms with Gasteiger partial charge in [0.25, 0.3) is 0 Å². The van der Waals surface area contributed by atoms with Crippen molar-refractivity contribution in [1.82, 2.24) is 10.2 Å². The minimum atomic E-state index is 0.318. The third kappa shape index (κ3) is 5.61. The Morgan fingerprint density at radius 1 is 1.36 bits per heavy atom. The third-order valence-electron chi connectivity index (χ3n) is 4.24. The molecule has 1 N–H and O–H groups in total. The fourth-order valence-corrected chi connectivity index (χ4v) is 2.99. The molecular formula is C17H31N3O2. The Labute approximate surface area is 134 Å². The Morgan fingerprint density at radius 3 is 2.82 bits per heavy atom. The van der Waals surface area contributed by atoms with Gasteiger partial charge in [0.15, 0.2) is 5.96 Å². The first-order valence-electron chi connectivity index (χ1n) is 8.70. The molecule has 2 aliphatic heterocycles. The van der Waals surface area contributed by atoms with Crippen LogP contribution in [-0.2, 0) is 9.47 Å². The first-order chi connectivity index (χ1) is 10.8. The van der Waals surface area contributed by atoms with Crippen LogP contribution in [0.4, 0.5) is 0 Å². The number of nitrogens with one attached hydrogen (secondary N) is 1. The van der Waals surface area contributed by atoms with Gasteiger partial charge in [-0.1, -0.05) is 6.08 Å². The molecule has 0 aromatic rings. The number of nitrogens with zero attached hydrogens (tertiary/aromatic N) is 2. The highest BCUT2D eigenvalue weighted by Crippen LogP contribution is 2.17. The number of hydrogen-bond acceptors (Lipinski definition) is 3. The van der Waals surface area contributed by atoms with Crippen molar-refractivity contribution in [3.8, 4) is 0 Å². The van der Waals surface area contributed by atoms with Gasteiger partial charge in [0, 0.05) is 26.2 Å². The lowest BCUT2D eigenvalue weighted by Gasteiger charge is -2.35. The van der Waals surface area contributed by atoms with Crippen molar-refractivity contribution in [1.29, 1.82) is 0 Å².